The molecule has 5 heteroatoms. The highest BCUT2D eigenvalue weighted by Gasteiger charge is 2.21. The van der Waals surface area contributed by atoms with Crippen LogP contribution < -0.4 is 10.2 Å². The van der Waals surface area contributed by atoms with E-state index in [2.05, 4.69) is 34.0 Å². The first kappa shape index (κ1) is 14.1. The average Bonchev–Trinajstić information content (AvgIpc) is 2.75. The summed E-state index contributed by atoms with van der Waals surface area (Å²) in [6.45, 7) is 8.79. The number of aliphatic hydroxyl groups excluding tert-OH is 1. The number of aliphatic hydroxyl groups is 1. The van der Waals surface area contributed by atoms with Gasteiger partial charge in [0.2, 0.25) is 0 Å². The third kappa shape index (κ3) is 4.06. The van der Waals surface area contributed by atoms with Crippen LogP contribution in [0, 0.1) is 12.8 Å². The maximum absolute atomic E-state index is 9.60. The van der Waals surface area contributed by atoms with Gasteiger partial charge in [-0.1, -0.05) is 13.8 Å². The zero-order valence-electron chi connectivity index (χ0n) is 12.1. The lowest BCUT2D eigenvalue weighted by atomic mass is 10.1. The van der Waals surface area contributed by atoms with Gasteiger partial charge in [0.25, 0.3) is 0 Å². The Morgan fingerprint density at radius 1 is 1.47 bits per heavy atom. The van der Waals surface area contributed by atoms with E-state index in [4.69, 9.17) is 0 Å². The van der Waals surface area contributed by atoms with Gasteiger partial charge in [0.05, 0.1) is 6.10 Å². The molecule has 1 aliphatic rings. The van der Waals surface area contributed by atoms with Gasteiger partial charge in [-0.25, -0.2) is 9.97 Å². The third-order valence-electron chi connectivity index (χ3n) is 3.34. The Morgan fingerprint density at radius 3 is 2.89 bits per heavy atom. The van der Waals surface area contributed by atoms with Crippen molar-refractivity contribution in [3.63, 3.8) is 0 Å². The molecule has 2 heterocycles. The Balaban J connectivity index is 2.02. The van der Waals surface area contributed by atoms with E-state index in [1.165, 1.54) is 0 Å². The van der Waals surface area contributed by atoms with Crippen LogP contribution in [-0.4, -0.2) is 40.8 Å². The molecule has 1 unspecified atom stereocenters. The van der Waals surface area contributed by atoms with Crippen molar-refractivity contribution in [2.75, 3.05) is 29.9 Å². The zero-order chi connectivity index (χ0) is 13.8. The molecule has 1 fully saturated rings. The minimum atomic E-state index is -0.229. The SMILES string of the molecule is Cc1nc(NCCC(C)C)cc(N2CCC(O)C2)n1. The summed E-state index contributed by atoms with van der Waals surface area (Å²) in [4.78, 5) is 11.0. The van der Waals surface area contributed by atoms with Gasteiger partial charge in [0.15, 0.2) is 0 Å². The largest absolute Gasteiger partial charge is 0.391 e. The summed E-state index contributed by atoms with van der Waals surface area (Å²) in [5.74, 6) is 3.25. The second-order valence-corrected chi connectivity index (χ2v) is 5.66. The van der Waals surface area contributed by atoms with Gasteiger partial charge in [0, 0.05) is 25.7 Å². The van der Waals surface area contributed by atoms with E-state index in [1.54, 1.807) is 0 Å². The summed E-state index contributed by atoms with van der Waals surface area (Å²) in [6, 6.07) is 1.98. The molecule has 0 aromatic carbocycles. The predicted octanol–water partition coefficient (Wildman–Crippen LogP) is 1.81. The molecule has 2 N–H and O–H groups in total. The summed E-state index contributed by atoms with van der Waals surface area (Å²) >= 11 is 0. The molecule has 0 saturated carbocycles. The van der Waals surface area contributed by atoms with E-state index >= 15 is 0 Å². The van der Waals surface area contributed by atoms with Crippen molar-refractivity contribution >= 4 is 11.6 Å². The van der Waals surface area contributed by atoms with Crippen molar-refractivity contribution < 1.29 is 5.11 Å². The molecule has 0 spiro atoms. The Labute approximate surface area is 115 Å². The highest BCUT2D eigenvalue weighted by atomic mass is 16.3. The van der Waals surface area contributed by atoms with Gasteiger partial charge in [-0.2, -0.15) is 0 Å². The molecule has 1 aromatic heterocycles. The van der Waals surface area contributed by atoms with E-state index in [-0.39, 0.29) is 6.10 Å². The van der Waals surface area contributed by atoms with E-state index < -0.39 is 0 Å². The summed E-state index contributed by atoms with van der Waals surface area (Å²) in [5.41, 5.74) is 0. The van der Waals surface area contributed by atoms with Crippen molar-refractivity contribution in [3.05, 3.63) is 11.9 Å². The second kappa shape index (κ2) is 6.19. The van der Waals surface area contributed by atoms with Crippen LogP contribution in [0.5, 0.6) is 0 Å². The maximum Gasteiger partial charge on any atom is 0.134 e. The van der Waals surface area contributed by atoms with E-state index in [0.717, 1.165) is 43.4 Å². The smallest absolute Gasteiger partial charge is 0.134 e. The van der Waals surface area contributed by atoms with Gasteiger partial charge in [-0.3, -0.25) is 0 Å². The maximum atomic E-state index is 9.60. The van der Waals surface area contributed by atoms with E-state index in [1.807, 2.05) is 13.0 Å². The number of aryl methyl sites for hydroxylation is 1. The molecule has 1 aromatic rings. The number of nitrogens with zero attached hydrogens (tertiary/aromatic N) is 3. The number of β-amino-alcohol motifs (C(OH)–C–C–N with tert-alkyl or cyclic N) is 1. The van der Waals surface area contributed by atoms with Gasteiger partial charge in [-0.15, -0.1) is 0 Å². The molecular weight excluding hydrogens is 240 g/mol. The van der Waals surface area contributed by atoms with Gasteiger partial charge < -0.3 is 15.3 Å². The number of nitrogens with one attached hydrogen (secondary N) is 1. The molecule has 0 radical (unpaired) electrons. The van der Waals surface area contributed by atoms with Gasteiger partial charge >= 0.3 is 0 Å². The molecule has 0 aliphatic carbocycles. The normalized spacial score (nSPS) is 19.2. The predicted molar refractivity (Wildman–Crippen MR) is 77.6 cm³/mol. The van der Waals surface area contributed by atoms with Crippen LogP contribution >= 0.6 is 0 Å². The number of aromatic nitrogens is 2. The fraction of sp³-hybridized carbons (Fsp3) is 0.714. The van der Waals surface area contributed by atoms with Crippen LogP contribution in [0.1, 0.15) is 32.5 Å². The topological polar surface area (TPSA) is 61.3 Å². The molecule has 106 valence electrons. The van der Waals surface area contributed by atoms with Crippen LogP contribution in [-0.2, 0) is 0 Å². The lowest BCUT2D eigenvalue weighted by molar-refractivity contribution is 0.198. The van der Waals surface area contributed by atoms with Crippen molar-refractivity contribution in [2.45, 2.75) is 39.7 Å². The lowest BCUT2D eigenvalue weighted by Gasteiger charge is -2.18. The quantitative estimate of drug-likeness (QED) is 0.849. The summed E-state index contributed by atoms with van der Waals surface area (Å²) in [6.07, 6.45) is 1.72. The van der Waals surface area contributed by atoms with Crippen molar-refractivity contribution in [2.24, 2.45) is 5.92 Å². The zero-order valence-corrected chi connectivity index (χ0v) is 12.1. The van der Waals surface area contributed by atoms with Crippen LogP contribution in [0.2, 0.25) is 0 Å². The fourth-order valence-corrected chi connectivity index (χ4v) is 2.24. The molecule has 1 saturated heterocycles. The summed E-state index contributed by atoms with van der Waals surface area (Å²) in [5, 5.41) is 13.0. The molecule has 1 aliphatic heterocycles. The summed E-state index contributed by atoms with van der Waals surface area (Å²) < 4.78 is 0. The van der Waals surface area contributed by atoms with Crippen LogP contribution in [0.25, 0.3) is 0 Å². The minimum absolute atomic E-state index is 0.229. The number of hydrogen-bond acceptors (Lipinski definition) is 5. The van der Waals surface area contributed by atoms with Gasteiger partial charge in [0.1, 0.15) is 17.5 Å². The molecule has 0 bridgehead atoms. The Kier molecular flexibility index (Phi) is 4.58. The van der Waals surface area contributed by atoms with E-state index in [9.17, 15) is 5.11 Å². The highest BCUT2D eigenvalue weighted by molar-refractivity contribution is 5.50. The molecule has 1 atom stereocenters. The highest BCUT2D eigenvalue weighted by Crippen LogP contribution is 2.20. The fourth-order valence-electron chi connectivity index (χ4n) is 2.24. The lowest BCUT2D eigenvalue weighted by Crippen LogP contribution is -2.23. The first-order valence-corrected chi connectivity index (χ1v) is 7.07. The Hall–Kier alpha value is -1.36. The third-order valence-corrected chi connectivity index (χ3v) is 3.34. The van der Waals surface area contributed by atoms with Crippen LogP contribution in [0.15, 0.2) is 6.07 Å². The number of anilines is 2. The molecule has 5 nitrogen and oxygen atoms in total. The van der Waals surface area contributed by atoms with Gasteiger partial charge in [-0.05, 0) is 25.7 Å². The first-order chi connectivity index (χ1) is 9.04. The standard InChI is InChI=1S/C14H24N4O/c1-10(2)4-6-15-13-8-14(17-11(3)16-13)18-7-5-12(19)9-18/h8,10,12,19H,4-7,9H2,1-3H3,(H,15,16,17). The van der Waals surface area contributed by atoms with Crippen molar-refractivity contribution in [3.8, 4) is 0 Å². The minimum Gasteiger partial charge on any atom is -0.391 e. The molecule has 0 amide bonds. The number of hydrogen-bond donors (Lipinski definition) is 2. The average molecular weight is 264 g/mol. The first-order valence-electron chi connectivity index (χ1n) is 7.07. The molecular formula is C14H24N4O. The Morgan fingerprint density at radius 2 is 2.26 bits per heavy atom. The van der Waals surface area contributed by atoms with Crippen LogP contribution in [0.3, 0.4) is 0 Å². The monoisotopic (exact) mass is 264 g/mol. The Bertz CT molecular complexity index is 422. The van der Waals surface area contributed by atoms with Crippen molar-refractivity contribution in [1.29, 1.82) is 0 Å². The molecule has 19 heavy (non-hydrogen) atoms. The van der Waals surface area contributed by atoms with E-state index in [0.29, 0.717) is 12.5 Å². The molecule has 2 rings (SSSR count). The second-order valence-electron chi connectivity index (χ2n) is 5.66. The van der Waals surface area contributed by atoms with Crippen molar-refractivity contribution in [1.82, 2.24) is 9.97 Å². The summed E-state index contributed by atoms with van der Waals surface area (Å²) in [7, 11) is 0. The van der Waals surface area contributed by atoms with Crippen LogP contribution in [0.4, 0.5) is 11.6 Å². The number of rotatable bonds is 5.